The van der Waals surface area contributed by atoms with Gasteiger partial charge in [0.2, 0.25) is 0 Å². The summed E-state index contributed by atoms with van der Waals surface area (Å²) in [6, 6.07) is 1.97. The summed E-state index contributed by atoms with van der Waals surface area (Å²) in [5.41, 5.74) is -0.374. The lowest BCUT2D eigenvalue weighted by Gasteiger charge is -2.33. The van der Waals surface area contributed by atoms with E-state index in [0.29, 0.717) is 5.69 Å². The van der Waals surface area contributed by atoms with Crippen LogP contribution in [-0.2, 0) is 0 Å². The number of benzene rings is 1. The van der Waals surface area contributed by atoms with Gasteiger partial charge >= 0.3 is 12.1 Å². The molecule has 0 saturated carbocycles. The Hall–Kier alpha value is -2.15. The molecule has 5 N–H and O–H groups in total. The molecular formula is C20H33ClN4O3. The first kappa shape index (κ1) is 23.9. The van der Waals surface area contributed by atoms with Gasteiger partial charge in [-0.1, -0.05) is 32.4 Å². The molecule has 0 aliphatic carbocycles. The first-order valence-corrected chi connectivity index (χ1v) is 9.56. The SMILES string of the molecule is CC(C)(C)CC(C)(C)NC(=O)Nc1cc(Cl)c(O)c(NC(=O)NC(C)(C)C)c1. The van der Waals surface area contributed by atoms with E-state index < -0.39 is 23.1 Å². The molecule has 0 aliphatic heterocycles. The summed E-state index contributed by atoms with van der Waals surface area (Å²) in [4.78, 5) is 24.5. The molecule has 0 aromatic heterocycles. The number of carbonyl (C=O) groups excluding carboxylic acids is 2. The lowest BCUT2D eigenvalue weighted by molar-refractivity contribution is 0.220. The fraction of sp³-hybridized carbons (Fsp3) is 0.600. The molecule has 4 amide bonds. The second kappa shape index (κ2) is 8.47. The third-order valence-electron chi connectivity index (χ3n) is 3.48. The first-order chi connectivity index (χ1) is 12.5. The summed E-state index contributed by atoms with van der Waals surface area (Å²) in [7, 11) is 0. The van der Waals surface area contributed by atoms with Crippen molar-refractivity contribution in [2.24, 2.45) is 5.41 Å². The Morgan fingerprint density at radius 1 is 0.929 bits per heavy atom. The van der Waals surface area contributed by atoms with Crippen molar-refractivity contribution in [1.82, 2.24) is 10.6 Å². The second-order valence-corrected chi connectivity index (χ2v) is 10.3. The van der Waals surface area contributed by atoms with Gasteiger partial charge in [0.25, 0.3) is 0 Å². The number of hydrogen-bond donors (Lipinski definition) is 5. The van der Waals surface area contributed by atoms with Gasteiger partial charge in [-0.3, -0.25) is 0 Å². The molecule has 0 unspecified atom stereocenters. The summed E-state index contributed by atoms with van der Waals surface area (Å²) in [5, 5.41) is 21.0. The van der Waals surface area contributed by atoms with E-state index in [9.17, 15) is 14.7 Å². The fourth-order valence-electron chi connectivity index (χ4n) is 3.10. The third-order valence-corrected chi connectivity index (χ3v) is 3.77. The monoisotopic (exact) mass is 412 g/mol. The van der Waals surface area contributed by atoms with Crippen LogP contribution in [0.4, 0.5) is 21.0 Å². The van der Waals surface area contributed by atoms with Crippen LogP contribution in [0.15, 0.2) is 12.1 Å². The van der Waals surface area contributed by atoms with Crippen LogP contribution in [0, 0.1) is 5.41 Å². The molecule has 0 heterocycles. The minimum atomic E-state index is -0.494. The lowest BCUT2D eigenvalue weighted by Crippen LogP contribution is -2.47. The number of halogens is 1. The number of amides is 4. The standard InChI is InChI=1S/C20H33ClN4O3/c1-18(2,3)11-20(7,8)25-16(27)22-12-9-13(21)15(26)14(10-12)23-17(28)24-19(4,5)6/h9-10,26H,11H2,1-8H3,(H2,22,25,27)(H2,23,24,28). The molecule has 1 aromatic carbocycles. The van der Waals surface area contributed by atoms with Crippen molar-refractivity contribution in [2.45, 2.75) is 72.9 Å². The van der Waals surface area contributed by atoms with E-state index in [-0.39, 0.29) is 21.9 Å². The number of urea groups is 2. The second-order valence-electron chi connectivity index (χ2n) is 9.88. The van der Waals surface area contributed by atoms with Gasteiger partial charge in [0.05, 0.1) is 10.7 Å². The van der Waals surface area contributed by atoms with Crippen LogP contribution < -0.4 is 21.3 Å². The summed E-state index contributed by atoms with van der Waals surface area (Å²) in [5.74, 6) is -0.273. The minimum absolute atomic E-state index is 0.0119. The van der Waals surface area contributed by atoms with Crippen LogP contribution in [0.3, 0.4) is 0 Å². The van der Waals surface area contributed by atoms with E-state index in [0.717, 1.165) is 6.42 Å². The van der Waals surface area contributed by atoms with Crippen LogP contribution in [0.25, 0.3) is 0 Å². The van der Waals surface area contributed by atoms with Crippen LogP contribution in [0.5, 0.6) is 5.75 Å². The molecule has 0 saturated heterocycles. The summed E-state index contributed by atoms with van der Waals surface area (Å²) < 4.78 is 0. The smallest absolute Gasteiger partial charge is 0.319 e. The fourth-order valence-corrected chi connectivity index (χ4v) is 3.32. The zero-order valence-electron chi connectivity index (χ0n) is 18.0. The topological polar surface area (TPSA) is 102 Å². The molecule has 1 aromatic rings. The number of nitrogens with one attached hydrogen (secondary N) is 4. The number of anilines is 2. The Balaban J connectivity index is 2.91. The van der Waals surface area contributed by atoms with Crippen molar-refractivity contribution in [3.8, 4) is 5.75 Å². The van der Waals surface area contributed by atoms with Crippen molar-refractivity contribution in [3.05, 3.63) is 17.2 Å². The van der Waals surface area contributed by atoms with Crippen molar-refractivity contribution in [1.29, 1.82) is 0 Å². The lowest BCUT2D eigenvalue weighted by atomic mass is 9.82. The molecule has 0 fully saturated rings. The normalized spacial score (nSPS) is 12.3. The van der Waals surface area contributed by atoms with E-state index >= 15 is 0 Å². The Kier molecular flexibility index (Phi) is 7.23. The van der Waals surface area contributed by atoms with Crippen LogP contribution in [0.2, 0.25) is 5.02 Å². The van der Waals surface area contributed by atoms with Gasteiger partial charge in [-0.25, -0.2) is 9.59 Å². The highest BCUT2D eigenvalue weighted by Gasteiger charge is 2.27. The number of aromatic hydroxyl groups is 1. The van der Waals surface area contributed by atoms with Gasteiger partial charge in [-0.2, -0.15) is 0 Å². The quantitative estimate of drug-likeness (QED) is 0.342. The Morgan fingerprint density at radius 2 is 1.46 bits per heavy atom. The number of hydrogen-bond acceptors (Lipinski definition) is 3. The maximum Gasteiger partial charge on any atom is 0.319 e. The van der Waals surface area contributed by atoms with E-state index in [4.69, 9.17) is 11.6 Å². The third kappa shape index (κ3) is 8.69. The van der Waals surface area contributed by atoms with Crippen molar-refractivity contribution in [2.75, 3.05) is 10.6 Å². The zero-order chi connectivity index (χ0) is 21.9. The zero-order valence-corrected chi connectivity index (χ0v) is 18.8. The van der Waals surface area contributed by atoms with Gasteiger partial charge in [-0.05, 0) is 58.6 Å². The minimum Gasteiger partial charge on any atom is -0.504 e. The summed E-state index contributed by atoms with van der Waals surface area (Å²) >= 11 is 6.05. The highest BCUT2D eigenvalue weighted by atomic mass is 35.5. The molecule has 28 heavy (non-hydrogen) atoms. The molecule has 7 nitrogen and oxygen atoms in total. The molecular weight excluding hydrogens is 380 g/mol. The molecule has 0 radical (unpaired) electrons. The largest absolute Gasteiger partial charge is 0.504 e. The number of phenolic OH excluding ortho intramolecular Hbond substituents is 1. The molecule has 8 heteroatoms. The van der Waals surface area contributed by atoms with Crippen LogP contribution >= 0.6 is 11.6 Å². The number of phenols is 1. The summed E-state index contributed by atoms with van der Waals surface area (Å²) in [6.07, 6.45) is 0.781. The maximum absolute atomic E-state index is 12.4. The highest BCUT2D eigenvalue weighted by Crippen LogP contribution is 2.35. The van der Waals surface area contributed by atoms with Gasteiger partial charge < -0.3 is 26.4 Å². The van der Waals surface area contributed by atoms with Crippen LogP contribution in [0.1, 0.15) is 61.8 Å². The average molecular weight is 413 g/mol. The number of rotatable bonds is 4. The molecule has 0 spiro atoms. The van der Waals surface area contributed by atoms with E-state index in [1.54, 1.807) is 0 Å². The van der Waals surface area contributed by atoms with Gasteiger partial charge in [0.1, 0.15) is 0 Å². The number of carbonyl (C=O) groups is 2. The van der Waals surface area contributed by atoms with Crippen molar-refractivity contribution >= 4 is 35.0 Å². The highest BCUT2D eigenvalue weighted by molar-refractivity contribution is 6.33. The predicted molar refractivity (Wildman–Crippen MR) is 115 cm³/mol. The Bertz CT molecular complexity index is 734. The van der Waals surface area contributed by atoms with E-state index in [2.05, 4.69) is 42.0 Å². The molecule has 1 rings (SSSR count). The Morgan fingerprint density at radius 3 is 1.96 bits per heavy atom. The average Bonchev–Trinajstić information content (AvgIpc) is 2.38. The van der Waals surface area contributed by atoms with Gasteiger partial charge in [0, 0.05) is 16.8 Å². The molecule has 158 valence electrons. The van der Waals surface area contributed by atoms with Gasteiger partial charge in [0.15, 0.2) is 5.75 Å². The van der Waals surface area contributed by atoms with E-state index in [1.165, 1.54) is 12.1 Å². The van der Waals surface area contributed by atoms with Crippen LogP contribution in [-0.4, -0.2) is 28.2 Å². The predicted octanol–water partition coefficient (Wildman–Crippen LogP) is 5.30. The van der Waals surface area contributed by atoms with Gasteiger partial charge in [-0.15, -0.1) is 0 Å². The Labute approximate surface area is 172 Å². The summed E-state index contributed by atoms with van der Waals surface area (Å²) in [6.45, 7) is 15.7. The molecule has 0 atom stereocenters. The molecule has 0 bridgehead atoms. The maximum atomic E-state index is 12.4. The van der Waals surface area contributed by atoms with Crippen molar-refractivity contribution < 1.29 is 14.7 Å². The van der Waals surface area contributed by atoms with E-state index in [1.807, 2.05) is 34.6 Å². The van der Waals surface area contributed by atoms with Crippen molar-refractivity contribution in [3.63, 3.8) is 0 Å². The first-order valence-electron chi connectivity index (χ1n) is 9.18. The molecule has 0 aliphatic rings.